The summed E-state index contributed by atoms with van der Waals surface area (Å²) >= 11 is 6.03. The largest absolute Gasteiger partial charge is 0.496 e. The molecule has 0 saturated heterocycles. The molecule has 1 rings (SSSR count). The minimum absolute atomic E-state index is 0.0136. The Hall–Kier alpha value is -1.22. The second-order valence-corrected chi connectivity index (χ2v) is 4.45. The van der Waals surface area contributed by atoms with Gasteiger partial charge in [0.15, 0.2) is 11.5 Å². The van der Waals surface area contributed by atoms with E-state index in [2.05, 4.69) is 6.92 Å². The maximum atomic E-state index is 12.2. The number of rotatable bonds is 7. The number of methoxy groups -OCH3 is 2. The van der Waals surface area contributed by atoms with Gasteiger partial charge < -0.3 is 9.47 Å². The topological polar surface area (TPSA) is 35.5 Å². The van der Waals surface area contributed by atoms with Crippen molar-refractivity contribution in [1.82, 2.24) is 0 Å². The van der Waals surface area contributed by atoms with E-state index in [4.69, 9.17) is 21.1 Å². The SMILES string of the molecule is CCCCCC(=O)c1c(OC)ccc(Cl)c1OC. The van der Waals surface area contributed by atoms with Gasteiger partial charge in [-0.3, -0.25) is 4.79 Å². The summed E-state index contributed by atoms with van der Waals surface area (Å²) in [5.74, 6) is 0.926. The minimum Gasteiger partial charge on any atom is -0.496 e. The Labute approximate surface area is 113 Å². The van der Waals surface area contributed by atoms with Crippen LogP contribution >= 0.6 is 11.6 Å². The van der Waals surface area contributed by atoms with Crippen LogP contribution in [0.15, 0.2) is 12.1 Å². The molecule has 1 aromatic rings. The molecule has 18 heavy (non-hydrogen) atoms. The first-order valence-corrected chi connectivity index (χ1v) is 6.47. The Morgan fingerprint density at radius 1 is 1.22 bits per heavy atom. The molecule has 0 radical (unpaired) electrons. The van der Waals surface area contributed by atoms with Gasteiger partial charge in [-0.05, 0) is 18.6 Å². The van der Waals surface area contributed by atoms with E-state index in [-0.39, 0.29) is 5.78 Å². The summed E-state index contributed by atoms with van der Waals surface area (Å²) in [5.41, 5.74) is 0.448. The van der Waals surface area contributed by atoms with E-state index >= 15 is 0 Å². The fraction of sp³-hybridized carbons (Fsp3) is 0.500. The van der Waals surface area contributed by atoms with Gasteiger partial charge in [0.05, 0.1) is 19.2 Å². The van der Waals surface area contributed by atoms with Crippen LogP contribution in [0, 0.1) is 0 Å². The van der Waals surface area contributed by atoms with E-state index in [9.17, 15) is 4.79 Å². The maximum Gasteiger partial charge on any atom is 0.170 e. The summed E-state index contributed by atoms with van der Waals surface area (Å²) in [5, 5.41) is 0.428. The van der Waals surface area contributed by atoms with Gasteiger partial charge in [-0.25, -0.2) is 0 Å². The molecule has 0 saturated carbocycles. The summed E-state index contributed by atoms with van der Waals surface area (Å²) < 4.78 is 10.4. The molecule has 100 valence electrons. The van der Waals surface area contributed by atoms with E-state index in [1.165, 1.54) is 14.2 Å². The predicted molar refractivity (Wildman–Crippen MR) is 73.0 cm³/mol. The molecule has 0 heterocycles. The van der Waals surface area contributed by atoms with E-state index < -0.39 is 0 Å². The number of ether oxygens (including phenoxy) is 2. The van der Waals surface area contributed by atoms with Crippen LogP contribution in [0.1, 0.15) is 43.0 Å². The lowest BCUT2D eigenvalue weighted by atomic mass is 10.0. The normalized spacial score (nSPS) is 10.2. The van der Waals surface area contributed by atoms with Crippen molar-refractivity contribution in [1.29, 1.82) is 0 Å². The van der Waals surface area contributed by atoms with Crippen LogP contribution in [-0.4, -0.2) is 20.0 Å². The van der Waals surface area contributed by atoms with E-state index in [1.54, 1.807) is 12.1 Å². The third kappa shape index (κ3) is 3.39. The number of ketones is 1. The van der Waals surface area contributed by atoms with Crippen LogP contribution < -0.4 is 9.47 Å². The molecule has 1 aromatic carbocycles. The predicted octanol–water partition coefficient (Wildman–Crippen LogP) is 4.12. The second kappa shape index (κ2) is 7.27. The molecule has 0 atom stereocenters. The third-order valence-electron chi connectivity index (χ3n) is 2.78. The van der Waals surface area contributed by atoms with E-state index in [1.807, 2.05) is 0 Å². The quantitative estimate of drug-likeness (QED) is 0.552. The Kier molecular flexibility index (Phi) is 5.99. The van der Waals surface area contributed by atoms with Crippen LogP contribution in [0.4, 0.5) is 0 Å². The average molecular weight is 271 g/mol. The van der Waals surface area contributed by atoms with Crippen molar-refractivity contribution < 1.29 is 14.3 Å². The number of halogens is 1. The average Bonchev–Trinajstić information content (AvgIpc) is 2.38. The van der Waals surface area contributed by atoms with Crippen molar-refractivity contribution >= 4 is 17.4 Å². The number of benzene rings is 1. The van der Waals surface area contributed by atoms with Gasteiger partial charge in [0.25, 0.3) is 0 Å². The van der Waals surface area contributed by atoms with Crippen LogP contribution in [0.5, 0.6) is 11.5 Å². The molecule has 0 aliphatic carbocycles. The zero-order valence-corrected chi connectivity index (χ0v) is 11.8. The van der Waals surface area contributed by atoms with Gasteiger partial charge in [-0.1, -0.05) is 31.4 Å². The monoisotopic (exact) mass is 270 g/mol. The summed E-state index contributed by atoms with van der Waals surface area (Å²) in [6.45, 7) is 2.10. The first kappa shape index (κ1) is 14.8. The van der Waals surface area contributed by atoms with Gasteiger partial charge in [0.1, 0.15) is 11.3 Å². The van der Waals surface area contributed by atoms with Gasteiger partial charge >= 0.3 is 0 Å². The summed E-state index contributed by atoms with van der Waals surface area (Å²) in [7, 11) is 3.04. The summed E-state index contributed by atoms with van der Waals surface area (Å²) in [4.78, 5) is 12.2. The molecule has 0 aliphatic rings. The molecule has 0 spiro atoms. The lowest BCUT2D eigenvalue weighted by Crippen LogP contribution is -2.05. The van der Waals surface area contributed by atoms with Crippen molar-refractivity contribution in [2.45, 2.75) is 32.6 Å². The third-order valence-corrected chi connectivity index (χ3v) is 3.08. The lowest BCUT2D eigenvalue weighted by molar-refractivity contribution is 0.0973. The molecule has 3 nitrogen and oxygen atoms in total. The highest BCUT2D eigenvalue weighted by Crippen LogP contribution is 2.36. The van der Waals surface area contributed by atoms with Crippen molar-refractivity contribution in [2.24, 2.45) is 0 Å². The highest BCUT2D eigenvalue weighted by atomic mass is 35.5. The molecular formula is C14H19ClO3. The Bertz CT molecular complexity index is 416. The number of hydrogen-bond acceptors (Lipinski definition) is 3. The first-order valence-electron chi connectivity index (χ1n) is 6.09. The fourth-order valence-electron chi connectivity index (χ4n) is 1.83. The molecular weight excluding hydrogens is 252 g/mol. The smallest absolute Gasteiger partial charge is 0.170 e. The molecule has 0 fully saturated rings. The van der Waals surface area contributed by atoms with Crippen molar-refractivity contribution in [3.63, 3.8) is 0 Å². The number of Topliss-reactive ketones (excluding diaryl/α,β-unsaturated/α-hetero) is 1. The van der Waals surface area contributed by atoms with E-state index in [0.717, 1.165) is 19.3 Å². The molecule has 0 bridgehead atoms. The maximum absolute atomic E-state index is 12.2. The van der Waals surface area contributed by atoms with Gasteiger partial charge in [-0.2, -0.15) is 0 Å². The second-order valence-electron chi connectivity index (χ2n) is 4.04. The molecule has 0 aliphatic heterocycles. The number of hydrogen-bond donors (Lipinski definition) is 0. The number of unbranched alkanes of at least 4 members (excludes halogenated alkanes) is 2. The standard InChI is InChI=1S/C14H19ClO3/c1-4-5-6-7-11(16)13-12(17-2)9-8-10(15)14(13)18-3/h8-9H,4-7H2,1-3H3. The lowest BCUT2D eigenvalue weighted by Gasteiger charge is -2.13. The minimum atomic E-state index is 0.0136. The van der Waals surface area contributed by atoms with Gasteiger partial charge in [0, 0.05) is 6.42 Å². The zero-order chi connectivity index (χ0) is 13.5. The Morgan fingerprint density at radius 2 is 1.94 bits per heavy atom. The van der Waals surface area contributed by atoms with Gasteiger partial charge in [0.2, 0.25) is 0 Å². The van der Waals surface area contributed by atoms with Gasteiger partial charge in [-0.15, -0.1) is 0 Å². The number of carbonyl (C=O) groups is 1. The molecule has 0 N–H and O–H groups in total. The summed E-state index contributed by atoms with van der Waals surface area (Å²) in [6.07, 6.45) is 3.48. The van der Waals surface area contributed by atoms with Crippen molar-refractivity contribution in [3.8, 4) is 11.5 Å². The highest BCUT2D eigenvalue weighted by molar-refractivity contribution is 6.32. The van der Waals surface area contributed by atoms with Crippen LogP contribution in [-0.2, 0) is 0 Å². The summed E-state index contributed by atoms with van der Waals surface area (Å²) in [6, 6.07) is 3.36. The molecule has 0 aromatic heterocycles. The highest BCUT2D eigenvalue weighted by Gasteiger charge is 2.20. The molecule has 0 amide bonds. The fourth-order valence-corrected chi connectivity index (χ4v) is 2.07. The van der Waals surface area contributed by atoms with Crippen LogP contribution in [0.2, 0.25) is 5.02 Å². The van der Waals surface area contributed by atoms with Crippen LogP contribution in [0.25, 0.3) is 0 Å². The number of carbonyl (C=O) groups excluding carboxylic acids is 1. The molecule has 4 heteroatoms. The zero-order valence-electron chi connectivity index (χ0n) is 11.1. The van der Waals surface area contributed by atoms with Crippen molar-refractivity contribution in [2.75, 3.05) is 14.2 Å². The Morgan fingerprint density at radius 3 is 2.50 bits per heavy atom. The molecule has 0 unspecified atom stereocenters. The Balaban J connectivity index is 3.03. The first-order chi connectivity index (χ1) is 8.65. The van der Waals surface area contributed by atoms with Crippen molar-refractivity contribution in [3.05, 3.63) is 22.7 Å². The van der Waals surface area contributed by atoms with E-state index in [0.29, 0.717) is 28.5 Å². The van der Waals surface area contributed by atoms with Crippen LogP contribution in [0.3, 0.4) is 0 Å².